The highest BCUT2D eigenvalue weighted by Crippen LogP contribution is 2.31. The zero-order chi connectivity index (χ0) is 15.7. The molecule has 0 amide bonds. The molecule has 1 aliphatic rings. The van der Waals surface area contributed by atoms with Gasteiger partial charge in [-0.3, -0.25) is 0 Å². The number of piperazine rings is 1. The number of rotatable bonds is 2. The lowest BCUT2D eigenvalue weighted by Crippen LogP contribution is -2.45. The summed E-state index contributed by atoms with van der Waals surface area (Å²) in [6, 6.07) is 6.70. The minimum absolute atomic E-state index is 0.0629. The molecule has 1 aliphatic heterocycles. The van der Waals surface area contributed by atoms with E-state index < -0.39 is 0 Å². The van der Waals surface area contributed by atoms with Crippen LogP contribution in [0.3, 0.4) is 0 Å². The second kappa shape index (κ2) is 6.01. The van der Waals surface area contributed by atoms with Gasteiger partial charge in [0.05, 0.1) is 0 Å². The average Bonchev–Trinajstić information content (AvgIpc) is 3.01. The first kappa shape index (κ1) is 15.5. The standard InChI is InChI=1S/C18H25N3S/c1-18(2,3)16-11-15(14-5-10-22-13-14)12-17(19-16)21-8-6-20(4)7-9-21/h5,10-13H,6-9H2,1-4H3. The van der Waals surface area contributed by atoms with E-state index >= 15 is 0 Å². The molecule has 2 aromatic heterocycles. The molecule has 4 heteroatoms. The SMILES string of the molecule is CN1CCN(c2cc(-c3ccsc3)cc(C(C)(C)C)n2)CC1. The van der Waals surface area contributed by atoms with Crippen LogP contribution in [-0.4, -0.2) is 43.1 Å². The first-order valence-electron chi connectivity index (χ1n) is 7.92. The quantitative estimate of drug-likeness (QED) is 0.839. The van der Waals surface area contributed by atoms with Crippen molar-refractivity contribution in [3.8, 4) is 11.1 Å². The number of aromatic nitrogens is 1. The molecule has 0 atom stereocenters. The Balaban J connectivity index is 2.00. The lowest BCUT2D eigenvalue weighted by molar-refractivity contribution is 0.312. The molecule has 0 radical (unpaired) electrons. The fourth-order valence-corrected chi connectivity index (χ4v) is 3.36. The van der Waals surface area contributed by atoms with Crippen LogP contribution < -0.4 is 4.90 Å². The van der Waals surface area contributed by atoms with Crippen molar-refractivity contribution in [2.75, 3.05) is 38.1 Å². The number of nitrogens with zero attached hydrogens (tertiary/aromatic N) is 3. The Morgan fingerprint density at radius 3 is 2.36 bits per heavy atom. The van der Waals surface area contributed by atoms with Crippen molar-refractivity contribution in [3.63, 3.8) is 0 Å². The van der Waals surface area contributed by atoms with Crippen molar-refractivity contribution in [1.82, 2.24) is 9.88 Å². The smallest absolute Gasteiger partial charge is 0.129 e. The lowest BCUT2D eigenvalue weighted by atomic mass is 9.90. The fourth-order valence-electron chi connectivity index (χ4n) is 2.69. The molecule has 3 rings (SSSR count). The van der Waals surface area contributed by atoms with Crippen LogP contribution in [0, 0.1) is 0 Å². The van der Waals surface area contributed by atoms with E-state index in [-0.39, 0.29) is 5.41 Å². The minimum Gasteiger partial charge on any atom is -0.354 e. The summed E-state index contributed by atoms with van der Waals surface area (Å²) < 4.78 is 0. The summed E-state index contributed by atoms with van der Waals surface area (Å²) in [7, 11) is 2.19. The summed E-state index contributed by atoms with van der Waals surface area (Å²) in [5, 5.41) is 4.36. The van der Waals surface area contributed by atoms with Crippen molar-refractivity contribution >= 4 is 17.2 Å². The average molecular weight is 315 g/mol. The predicted molar refractivity (Wildman–Crippen MR) is 96.0 cm³/mol. The van der Waals surface area contributed by atoms with E-state index in [1.165, 1.54) is 16.8 Å². The van der Waals surface area contributed by atoms with Crippen LogP contribution in [0.1, 0.15) is 26.5 Å². The van der Waals surface area contributed by atoms with Crippen molar-refractivity contribution in [2.45, 2.75) is 26.2 Å². The fraction of sp³-hybridized carbons (Fsp3) is 0.500. The van der Waals surface area contributed by atoms with Crippen LogP contribution >= 0.6 is 11.3 Å². The molecular weight excluding hydrogens is 290 g/mol. The number of anilines is 1. The topological polar surface area (TPSA) is 19.4 Å². The van der Waals surface area contributed by atoms with Crippen LogP contribution in [0.4, 0.5) is 5.82 Å². The van der Waals surface area contributed by atoms with Crippen LogP contribution in [0.25, 0.3) is 11.1 Å². The normalized spacial score (nSPS) is 17.0. The summed E-state index contributed by atoms with van der Waals surface area (Å²) in [6.07, 6.45) is 0. The second-order valence-corrected chi connectivity index (χ2v) is 7.93. The molecule has 1 fully saturated rings. The number of thiophene rings is 1. The molecule has 0 unspecified atom stereocenters. The molecule has 0 aromatic carbocycles. The zero-order valence-corrected chi connectivity index (χ0v) is 14.8. The van der Waals surface area contributed by atoms with E-state index in [0.29, 0.717) is 0 Å². The van der Waals surface area contributed by atoms with E-state index in [2.05, 4.69) is 66.6 Å². The maximum Gasteiger partial charge on any atom is 0.129 e. The summed E-state index contributed by atoms with van der Waals surface area (Å²) in [5.74, 6) is 1.13. The summed E-state index contributed by atoms with van der Waals surface area (Å²) >= 11 is 1.75. The van der Waals surface area contributed by atoms with E-state index in [1.54, 1.807) is 11.3 Å². The molecule has 0 spiro atoms. The molecule has 118 valence electrons. The van der Waals surface area contributed by atoms with E-state index in [4.69, 9.17) is 4.98 Å². The Kier molecular flexibility index (Phi) is 4.24. The van der Waals surface area contributed by atoms with Gasteiger partial charge in [0.15, 0.2) is 0 Å². The van der Waals surface area contributed by atoms with Gasteiger partial charge in [-0.2, -0.15) is 11.3 Å². The van der Waals surface area contributed by atoms with E-state index in [0.717, 1.165) is 32.0 Å². The van der Waals surface area contributed by atoms with Crippen LogP contribution in [0.15, 0.2) is 29.0 Å². The van der Waals surface area contributed by atoms with Gasteiger partial charge < -0.3 is 9.80 Å². The Morgan fingerprint density at radius 2 is 1.77 bits per heavy atom. The van der Waals surface area contributed by atoms with Gasteiger partial charge in [-0.15, -0.1) is 0 Å². The number of hydrogen-bond donors (Lipinski definition) is 0. The maximum atomic E-state index is 4.97. The molecule has 0 N–H and O–H groups in total. The monoisotopic (exact) mass is 315 g/mol. The third-order valence-corrected chi connectivity index (χ3v) is 4.95. The van der Waals surface area contributed by atoms with Crippen molar-refractivity contribution in [2.24, 2.45) is 0 Å². The third kappa shape index (κ3) is 3.33. The first-order chi connectivity index (χ1) is 10.4. The van der Waals surface area contributed by atoms with Gasteiger partial charge in [0, 0.05) is 37.3 Å². The number of hydrogen-bond acceptors (Lipinski definition) is 4. The van der Waals surface area contributed by atoms with E-state index in [1.807, 2.05) is 0 Å². The van der Waals surface area contributed by atoms with Crippen LogP contribution in [-0.2, 0) is 5.41 Å². The van der Waals surface area contributed by atoms with Gasteiger partial charge in [-0.1, -0.05) is 20.8 Å². The van der Waals surface area contributed by atoms with Gasteiger partial charge in [0.25, 0.3) is 0 Å². The molecule has 1 saturated heterocycles. The lowest BCUT2D eigenvalue weighted by Gasteiger charge is -2.34. The molecule has 3 heterocycles. The summed E-state index contributed by atoms with van der Waals surface area (Å²) in [6.45, 7) is 11.0. The largest absolute Gasteiger partial charge is 0.354 e. The molecule has 0 aliphatic carbocycles. The summed E-state index contributed by atoms with van der Waals surface area (Å²) in [4.78, 5) is 9.77. The Bertz CT molecular complexity index is 620. The van der Waals surface area contributed by atoms with Gasteiger partial charge in [0.1, 0.15) is 5.82 Å². The summed E-state index contributed by atoms with van der Waals surface area (Å²) in [5.41, 5.74) is 3.82. The highest BCUT2D eigenvalue weighted by molar-refractivity contribution is 7.08. The Morgan fingerprint density at radius 1 is 1.05 bits per heavy atom. The van der Waals surface area contributed by atoms with Crippen molar-refractivity contribution < 1.29 is 0 Å². The molecular formula is C18H25N3S. The van der Waals surface area contributed by atoms with Crippen molar-refractivity contribution in [3.05, 3.63) is 34.7 Å². The van der Waals surface area contributed by atoms with Crippen LogP contribution in [0.2, 0.25) is 0 Å². The van der Waals surface area contributed by atoms with Gasteiger partial charge in [-0.25, -0.2) is 4.98 Å². The van der Waals surface area contributed by atoms with Crippen LogP contribution in [0.5, 0.6) is 0 Å². The highest BCUT2D eigenvalue weighted by atomic mass is 32.1. The van der Waals surface area contributed by atoms with Gasteiger partial charge in [0.2, 0.25) is 0 Å². The third-order valence-electron chi connectivity index (χ3n) is 4.26. The van der Waals surface area contributed by atoms with Gasteiger partial charge >= 0.3 is 0 Å². The first-order valence-corrected chi connectivity index (χ1v) is 8.86. The molecule has 0 saturated carbocycles. The number of pyridine rings is 1. The Labute approximate surface area is 137 Å². The highest BCUT2D eigenvalue weighted by Gasteiger charge is 2.21. The molecule has 22 heavy (non-hydrogen) atoms. The zero-order valence-electron chi connectivity index (χ0n) is 14.0. The second-order valence-electron chi connectivity index (χ2n) is 7.15. The molecule has 3 nitrogen and oxygen atoms in total. The minimum atomic E-state index is 0.0629. The molecule has 0 bridgehead atoms. The molecule has 2 aromatic rings. The maximum absolute atomic E-state index is 4.97. The predicted octanol–water partition coefficient (Wildman–Crippen LogP) is 3.86. The van der Waals surface area contributed by atoms with Crippen molar-refractivity contribution in [1.29, 1.82) is 0 Å². The number of likely N-dealkylation sites (N-methyl/N-ethyl adjacent to an activating group) is 1. The van der Waals surface area contributed by atoms with Gasteiger partial charge in [-0.05, 0) is 47.1 Å². The Hall–Kier alpha value is -1.39. The van der Waals surface area contributed by atoms with E-state index in [9.17, 15) is 0 Å².